The van der Waals surface area contributed by atoms with Crippen molar-refractivity contribution < 1.29 is 23.7 Å². The Morgan fingerprint density at radius 2 is 1.57 bits per heavy atom. The quantitative estimate of drug-likeness (QED) is 0.463. The molecule has 0 heterocycles. The van der Waals surface area contributed by atoms with Gasteiger partial charge in [-0.25, -0.2) is 4.79 Å². The molecule has 5 heteroatoms. The van der Waals surface area contributed by atoms with Crippen molar-refractivity contribution in [1.29, 1.82) is 0 Å². The van der Waals surface area contributed by atoms with Gasteiger partial charge in [0.2, 0.25) is 0 Å². The second-order valence-corrected chi connectivity index (χ2v) is 5.36. The minimum atomic E-state index is -0.448. The number of benzene rings is 1. The van der Waals surface area contributed by atoms with Crippen molar-refractivity contribution in [3.63, 3.8) is 0 Å². The van der Waals surface area contributed by atoms with Gasteiger partial charge in [0.05, 0.1) is 25.4 Å². The summed E-state index contributed by atoms with van der Waals surface area (Å²) in [6, 6.07) is 9.61. The predicted octanol–water partition coefficient (Wildman–Crippen LogP) is 2.99. The highest BCUT2D eigenvalue weighted by atomic mass is 16.6. The number of carbonyl (C=O) groups excluding carboxylic acids is 1. The van der Waals surface area contributed by atoms with Crippen molar-refractivity contribution in [3.8, 4) is 5.75 Å². The van der Waals surface area contributed by atoms with E-state index in [-0.39, 0.29) is 18.3 Å². The fourth-order valence-electron chi connectivity index (χ4n) is 1.71. The van der Waals surface area contributed by atoms with E-state index in [1.165, 1.54) is 0 Å². The van der Waals surface area contributed by atoms with Crippen LogP contribution < -0.4 is 4.74 Å². The molecule has 1 aromatic rings. The van der Waals surface area contributed by atoms with Crippen molar-refractivity contribution in [1.82, 2.24) is 0 Å². The molecule has 0 spiro atoms. The highest BCUT2D eigenvalue weighted by Gasteiger charge is 2.11. The second kappa shape index (κ2) is 10.8. The van der Waals surface area contributed by atoms with Crippen LogP contribution in [0.4, 0.5) is 0 Å². The lowest BCUT2D eigenvalue weighted by atomic mass is 10.3. The third kappa shape index (κ3) is 9.01. The minimum Gasteiger partial charge on any atom is -0.491 e. The molecule has 0 saturated carbocycles. The molecule has 0 amide bonds. The maximum absolute atomic E-state index is 11.0. The average Bonchev–Trinajstić information content (AvgIpc) is 2.57. The van der Waals surface area contributed by atoms with Gasteiger partial charge in [0.25, 0.3) is 0 Å². The topological polar surface area (TPSA) is 54.0 Å². The summed E-state index contributed by atoms with van der Waals surface area (Å²) in [6.07, 6.45) is 0.676. The zero-order chi connectivity index (χ0) is 17.1. The van der Waals surface area contributed by atoms with Crippen LogP contribution in [0.5, 0.6) is 5.75 Å². The summed E-state index contributed by atoms with van der Waals surface area (Å²) in [5.41, 5.74) is 0. The van der Waals surface area contributed by atoms with Crippen LogP contribution in [0.15, 0.2) is 43.0 Å². The van der Waals surface area contributed by atoms with Crippen LogP contribution in [-0.4, -0.2) is 44.1 Å². The van der Waals surface area contributed by atoms with Crippen LogP contribution in [0.3, 0.4) is 0 Å². The van der Waals surface area contributed by atoms with E-state index in [9.17, 15) is 4.79 Å². The molecule has 0 aliphatic rings. The van der Waals surface area contributed by atoms with Crippen LogP contribution >= 0.6 is 0 Å². The number of rotatable bonds is 11. The second-order valence-electron chi connectivity index (χ2n) is 5.36. The van der Waals surface area contributed by atoms with E-state index in [2.05, 4.69) is 6.58 Å². The number of ether oxygens (including phenoxy) is 4. The highest BCUT2D eigenvalue weighted by molar-refractivity contribution is 5.81. The van der Waals surface area contributed by atoms with Gasteiger partial charge in [0.1, 0.15) is 18.5 Å². The van der Waals surface area contributed by atoms with Crippen molar-refractivity contribution in [2.24, 2.45) is 0 Å². The molecule has 3 unspecified atom stereocenters. The molecule has 23 heavy (non-hydrogen) atoms. The Kier molecular flexibility index (Phi) is 9.02. The average molecular weight is 322 g/mol. The fourth-order valence-corrected chi connectivity index (χ4v) is 1.71. The van der Waals surface area contributed by atoms with E-state index in [1.54, 1.807) is 6.92 Å². The molecule has 0 aliphatic heterocycles. The van der Waals surface area contributed by atoms with E-state index in [4.69, 9.17) is 18.9 Å². The van der Waals surface area contributed by atoms with Gasteiger partial charge in [0.15, 0.2) is 0 Å². The Hall–Kier alpha value is -1.85. The van der Waals surface area contributed by atoms with E-state index in [0.29, 0.717) is 19.8 Å². The zero-order valence-electron chi connectivity index (χ0n) is 14.1. The lowest BCUT2D eigenvalue weighted by molar-refractivity contribution is -0.147. The lowest BCUT2D eigenvalue weighted by Gasteiger charge is -2.20. The van der Waals surface area contributed by atoms with Gasteiger partial charge in [-0.15, -0.1) is 0 Å². The zero-order valence-corrected chi connectivity index (χ0v) is 14.1. The number of para-hydroxylation sites is 1. The largest absolute Gasteiger partial charge is 0.491 e. The number of esters is 1. The van der Waals surface area contributed by atoms with E-state index in [1.807, 2.05) is 44.2 Å². The normalized spacial score (nSPS) is 14.6. The van der Waals surface area contributed by atoms with Gasteiger partial charge in [-0.2, -0.15) is 0 Å². The summed E-state index contributed by atoms with van der Waals surface area (Å²) in [7, 11) is 0. The molecular weight excluding hydrogens is 296 g/mol. The molecule has 0 bridgehead atoms. The summed E-state index contributed by atoms with van der Waals surface area (Å²) in [4.78, 5) is 11.0. The first-order valence-corrected chi connectivity index (χ1v) is 7.75. The molecule has 128 valence electrons. The Morgan fingerprint density at radius 1 is 1.00 bits per heavy atom. The van der Waals surface area contributed by atoms with E-state index < -0.39 is 5.97 Å². The van der Waals surface area contributed by atoms with Crippen LogP contribution in [0.2, 0.25) is 0 Å². The van der Waals surface area contributed by atoms with Crippen LogP contribution in [0.25, 0.3) is 0 Å². The molecule has 1 rings (SSSR count). The molecule has 0 N–H and O–H groups in total. The summed E-state index contributed by atoms with van der Waals surface area (Å²) in [6.45, 7) is 10.2. The summed E-state index contributed by atoms with van der Waals surface area (Å²) in [5, 5.41) is 0. The number of hydrogen-bond donors (Lipinski definition) is 0. The Bertz CT molecular complexity index is 460. The SMILES string of the molecule is C=CC(=O)OC(C)COC(C)COC(C)COc1ccccc1. The smallest absolute Gasteiger partial charge is 0.330 e. The molecule has 0 aliphatic carbocycles. The maximum atomic E-state index is 11.0. The first-order valence-electron chi connectivity index (χ1n) is 7.75. The monoisotopic (exact) mass is 322 g/mol. The standard InChI is InChI=1S/C18H26O5/c1-5-18(19)23-16(4)13-21-14(2)11-20-15(3)12-22-17-9-7-6-8-10-17/h5-10,14-16H,1,11-13H2,2-4H3. The van der Waals surface area contributed by atoms with Crippen molar-refractivity contribution in [2.45, 2.75) is 39.1 Å². The predicted molar refractivity (Wildman–Crippen MR) is 88.5 cm³/mol. The van der Waals surface area contributed by atoms with Crippen LogP contribution in [0.1, 0.15) is 20.8 Å². The number of hydrogen-bond acceptors (Lipinski definition) is 5. The van der Waals surface area contributed by atoms with Gasteiger partial charge in [-0.05, 0) is 32.9 Å². The summed E-state index contributed by atoms with van der Waals surface area (Å²) < 4.78 is 21.9. The molecule has 3 atom stereocenters. The first kappa shape index (κ1) is 19.2. The van der Waals surface area contributed by atoms with Crippen molar-refractivity contribution in [3.05, 3.63) is 43.0 Å². The first-order chi connectivity index (χ1) is 11.0. The van der Waals surface area contributed by atoms with Crippen molar-refractivity contribution >= 4 is 5.97 Å². The van der Waals surface area contributed by atoms with Gasteiger partial charge in [0, 0.05) is 6.08 Å². The molecule has 0 aromatic heterocycles. The van der Waals surface area contributed by atoms with Crippen LogP contribution in [0, 0.1) is 0 Å². The Morgan fingerprint density at radius 3 is 2.17 bits per heavy atom. The Labute approximate surface area is 138 Å². The third-order valence-corrected chi connectivity index (χ3v) is 2.94. The molecule has 5 nitrogen and oxygen atoms in total. The van der Waals surface area contributed by atoms with Gasteiger partial charge in [-0.1, -0.05) is 24.8 Å². The summed E-state index contributed by atoms with van der Waals surface area (Å²) in [5.74, 6) is 0.377. The van der Waals surface area contributed by atoms with Crippen LogP contribution in [-0.2, 0) is 19.0 Å². The van der Waals surface area contributed by atoms with Crippen molar-refractivity contribution in [2.75, 3.05) is 19.8 Å². The van der Waals surface area contributed by atoms with E-state index >= 15 is 0 Å². The lowest BCUT2D eigenvalue weighted by Crippen LogP contribution is -2.27. The Balaban J connectivity index is 2.13. The van der Waals surface area contributed by atoms with Gasteiger partial charge in [-0.3, -0.25) is 0 Å². The van der Waals surface area contributed by atoms with Gasteiger partial charge >= 0.3 is 5.97 Å². The molecule has 0 fully saturated rings. The highest BCUT2D eigenvalue weighted by Crippen LogP contribution is 2.09. The van der Waals surface area contributed by atoms with E-state index in [0.717, 1.165) is 11.8 Å². The maximum Gasteiger partial charge on any atom is 0.330 e. The third-order valence-electron chi connectivity index (χ3n) is 2.94. The molecule has 0 saturated heterocycles. The minimum absolute atomic E-state index is 0.0442. The molecule has 1 aromatic carbocycles. The molecule has 0 radical (unpaired) electrons. The summed E-state index contributed by atoms with van der Waals surface area (Å²) >= 11 is 0. The fraction of sp³-hybridized carbons (Fsp3) is 0.500. The number of carbonyl (C=O) groups is 1. The molecular formula is C18H26O5. The van der Waals surface area contributed by atoms with Gasteiger partial charge < -0.3 is 18.9 Å².